The van der Waals surface area contributed by atoms with Gasteiger partial charge in [0.1, 0.15) is 34.5 Å². The lowest BCUT2D eigenvalue weighted by Crippen LogP contribution is -2.34. The fourth-order valence-corrected chi connectivity index (χ4v) is 6.89. The summed E-state index contributed by atoms with van der Waals surface area (Å²) in [6, 6.07) is 21.7. The molecule has 0 aliphatic carbocycles. The number of amides is 1. The number of carbonyl (C=O) groups is 2. The summed E-state index contributed by atoms with van der Waals surface area (Å²) in [4.78, 5) is 41.5. The molecule has 1 aliphatic heterocycles. The maximum atomic E-state index is 14.4. The highest BCUT2D eigenvalue weighted by molar-refractivity contribution is 7.75. The summed E-state index contributed by atoms with van der Waals surface area (Å²) in [5.41, 5.74) is 4.14. The molecule has 1 amide bonds. The van der Waals surface area contributed by atoms with Crippen molar-refractivity contribution in [3.05, 3.63) is 114 Å². The van der Waals surface area contributed by atoms with Gasteiger partial charge in [-0.05, 0) is 98.1 Å². The number of benzene rings is 3. The van der Waals surface area contributed by atoms with Crippen LogP contribution in [-0.4, -0.2) is 70.0 Å². The molecule has 3 aromatic heterocycles. The van der Waals surface area contributed by atoms with E-state index in [2.05, 4.69) is 43.7 Å². The van der Waals surface area contributed by atoms with Crippen molar-refractivity contribution in [2.75, 3.05) is 44.5 Å². The molecule has 0 spiro atoms. The zero-order valence-electron chi connectivity index (χ0n) is 30.0. The second-order valence-corrected chi connectivity index (χ2v) is 13.1. The van der Waals surface area contributed by atoms with Gasteiger partial charge in [-0.3, -0.25) is 14.0 Å². The first-order valence-corrected chi connectivity index (χ1v) is 17.9. The molecule has 1 aliphatic rings. The topological polar surface area (TPSA) is 132 Å². The predicted octanol–water partition coefficient (Wildman–Crippen LogP) is 7.71. The number of hydrogen-bond donors (Lipinski definition) is 3. The highest BCUT2D eigenvalue weighted by atomic mass is 32.1. The monoisotopic (exact) mass is 765 g/mol. The van der Waals surface area contributed by atoms with Crippen molar-refractivity contribution in [1.29, 1.82) is 0 Å². The van der Waals surface area contributed by atoms with Crippen molar-refractivity contribution in [3.63, 3.8) is 0 Å². The summed E-state index contributed by atoms with van der Waals surface area (Å²) >= 11 is 3.59. The van der Waals surface area contributed by atoms with Crippen molar-refractivity contribution in [1.82, 2.24) is 24.3 Å². The van der Waals surface area contributed by atoms with E-state index >= 15 is 0 Å². The lowest BCUT2D eigenvalue weighted by molar-refractivity contribution is -0.133. The maximum Gasteiger partial charge on any atom is 0.318 e. The molecule has 15 heteroatoms. The van der Waals surface area contributed by atoms with E-state index in [9.17, 15) is 18.4 Å². The van der Waals surface area contributed by atoms with Crippen LogP contribution in [0.1, 0.15) is 41.1 Å². The van der Waals surface area contributed by atoms with Crippen LogP contribution in [0.15, 0.2) is 91.3 Å². The number of hydrogen-bond acceptors (Lipinski definition) is 11. The summed E-state index contributed by atoms with van der Waals surface area (Å²) < 4.78 is 46.5. The molecule has 0 saturated carbocycles. The van der Waals surface area contributed by atoms with Gasteiger partial charge in [0.05, 0.1) is 49.0 Å². The van der Waals surface area contributed by atoms with Crippen LogP contribution < -0.4 is 20.1 Å². The molecule has 1 fully saturated rings. The molecular weight excluding hydrogens is 729 g/mol. The van der Waals surface area contributed by atoms with E-state index in [0.29, 0.717) is 64.6 Å². The molecule has 0 atom stereocenters. The summed E-state index contributed by atoms with van der Waals surface area (Å²) in [6.45, 7) is 2.39. The van der Waals surface area contributed by atoms with E-state index in [0.717, 1.165) is 43.6 Å². The van der Waals surface area contributed by atoms with E-state index in [1.807, 2.05) is 40.9 Å². The molecule has 4 heterocycles. The van der Waals surface area contributed by atoms with E-state index in [-0.39, 0.29) is 17.3 Å². The number of halogens is 2. The number of thiol groups is 1. The third kappa shape index (κ3) is 8.07. The Bertz CT molecular complexity index is 2350. The Kier molecular flexibility index (Phi) is 11.2. The van der Waals surface area contributed by atoms with E-state index in [1.54, 1.807) is 37.6 Å². The van der Waals surface area contributed by atoms with Crippen LogP contribution in [-0.2, 0) is 8.98 Å². The van der Waals surface area contributed by atoms with Crippen LogP contribution in [0.25, 0.3) is 28.3 Å². The number of para-hydroxylation sites is 1. The largest absolute Gasteiger partial charge is 0.496 e. The predicted molar refractivity (Wildman–Crippen MR) is 207 cm³/mol. The quantitative estimate of drug-likeness (QED) is 0.0841. The van der Waals surface area contributed by atoms with Crippen LogP contribution in [0, 0.1) is 11.6 Å². The van der Waals surface area contributed by atoms with Gasteiger partial charge in [-0.15, -0.1) is 0 Å². The van der Waals surface area contributed by atoms with Gasteiger partial charge < -0.3 is 29.2 Å². The smallest absolute Gasteiger partial charge is 0.318 e. The summed E-state index contributed by atoms with van der Waals surface area (Å²) in [6.07, 6.45) is 5.70. The molecule has 0 bridgehead atoms. The Balaban J connectivity index is 1.16. The normalized spacial score (nSPS) is 13.4. The van der Waals surface area contributed by atoms with Crippen molar-refractivity contribution >= 4 is 47.8 Å². The van der Waals surface area contributed by atoms with Gasteiger partial charge in [0, 0.05) is 37.4 Å². The minimum atomic E-state index is -0.906. The van der Waals surface area contributed by atoms with E-state index in [1.165, 1.54) is 13.2 Å². The van der Waals surface area contributed by atoms with Crippen molar-refractivity contribution in [2.45, 2.75) is 25.2 Å². The minimum Gasteiger partial charge on any atom is -0.496 e. The number of likely N-dealkylation sites (tertiary alicyclic amines) is 1. The number of rotatable bonds is 12. The second kappa shape index (κ2) is 16.5. The summed E-state index contributed by atoms with van der Waals surface area (Å²) in [5.74, 6) is -1.41. The standard InChI is InChI=1S/C40H37F2N7O5S/c1-52-32-12-10-26(22-27(32)39(51)47-37-28(41)6-5-7-29(37)42)36-38(49-18-4-3-8-34(49)46-36)31-13-17-43-40(45-31)44-30-11-9-25(23-33(30)53-2)24-14-19-48(20-15-24)21-16-35(50)54-55/h3-13,17-18,22-24,55H,14-16,19-21H2,1-2H3,(H,47,51)(H,43,44,45). The molecule has 1 saturated heterocycles. The van der Waals surface area contributed by atoms with Crippen molar-refractivity contribution in [2.24, 2.45) is 0 Å². The number of nitrogens with one attached hydrogen (secondary N) is 2. The molecule has 55 heavy (non-hydrogen) atoms. The fourth-order valence-electron chi connectivity index (χ4n) is 6.79. The highest BCUT2D eigenvalue weighted by Crippen LogP contribution is 2.37. The Morgan fingerprint density at radius 1 is 0.909 bits per heavy atom. The summed E-state index contributed by atoms with van der Waals surface area (Å²) in [7, 11) is 3.02. The second-order valence-electron chi connectivity index (χ2n) is 12.9. The SMILES string of the molecule is COc1cc(C2CCN(CCC(=O)OS)CC2)ccc1Nc1nccc(-c2c(-c3ccc(OC)c(C(=O)Nc4c(F)cccc4F)c3)nc3ccccn23)n1. The number of ether oxygens (including phenoxy) is 2. The van der Waals surface area contributed by atoms with Gasteiger partial charge in [0.2, 0.25) is 5.95 Å². The molecule has 6 aromatic rings. The van der Waals surface area contributed by atoms with Crippen molar-refractivity contribution in [3.8, 4) is 34.1 Å². The van der Waals surface area contributed by atoms with Crippen LogP contribution in [0.2, 0.25) is 0 Å². The van der Waals surface area contributed by atoms with Crippen molar-refractivity contribution < 1.29 is 32.0 Å². The zero-order chi connectivity index (χ0) is 38.5. The summed E-state index contributed by atoms with van der Waals surface area (Å²) in [5, 5.41) is 5.65. The molecule has 282 valence electrons. The minimum absolute atomic E-state index is 0.0487. The number of pyridine rings is 1. The molecule has 7 rings (SSSR count). The molecular formula is C40H37F2N7O5S. The van der Waals surface area contributed by atoms with Crippen LogP contribution in [0.4, 0.5) is 26.1 Å². The number of fused-ring (bicyclic) bond motifs is 1. The first-order valence-electron chi connectivity index (χ1n) is 17.5. The number of aromatic nitrogens is 4. The van der Waals surface area contributed by atoms with Gasteiger partial charge >= 0.3 is 5.97 Å². The Morgan fingerprint density at radius 2 is 1.69 bits per heavy atom. The average Bonchev–Trinajstić information content (AvgIpc) is 3.61. The molecule has 0 radical (unpaired) electrons. The van der Waals surface area contributed by atoms with Gasteiger partial charge in [0.15, 0.2) is 0 Å². The van der Waals surface area contributed by atoms with Crippen LogP contribution in [0.3, 0.4) is 0 Å². The number of piperidine rings is 1. The van der Waals surface area contributed by atoms with Gasteiger partial charge in [-0.2, -0.15) is 0 Å². The number of methoxy groups -OCH3 is 2. The number of nitrogens with zero attached hydrogens (tertiary/aromatic N) is 5. The van der Waals surface area contributed by atoms with E-state index < -0.39 is 23.2 Å². The number of carbonyl (C=O) groups excluding carboxylic acids is 2. The number of anilines is 3. The third-order valence-electron chi connectivity index (χ3n) is 9.61. The van der Waals surface area contributed by atoms with Gasteiger partial charge in [-0.25, -0.2) is 23.7 Å². The average molecular weight is 766 g/mol. The van der Waals surface area contributed by atoms with Gasteiger partial charge in [-0.1, -0.05) is 18.2 Å². The van der Waals surface area contributed by atoms with Crippen LogP contribution >= 0.6 is 12.9 Å². The lowest BCUT2D eigenvalue weighted by atomic mass is 9.89. The molecule has 2 N–H and O–H groups in total. The third-order valence-corrected chi connectivity index (χ3v) is 9.82. The Labute approximate surface area is 321 Å². The zero-order valence-corrected chi connectivity index (χ0v) is 30.9. The van der Waals surface area contributed by atoms with E-state index in [4.69, 9.17) is 19.4 Å². The first kappa shape index (κ1) is 37.3. The molecule has 12 nitrogen and oxygen atoms in total. The highest BCUT2D eigenvalue weighted by Gasteiger charge is 2.24. The Hall–Kier alpha value is -6.06. The first-order chi connectivity index (χ1) is 26.8. The van der Waals surface area contributed by atoms with Crippen LogP contribution in [0.5, 0.6) is 11.5 Å². The fraction of sp³-hybridized carbons (Fsp3) is 0.225. The maximum absolute atomic E-state index is 14.4. The molecule has 3 aromatic carbocycles. The van der Waals surface area contributed by atoms with Gasteiger partial charge in [0.25, 0.3) is 5.91 Å². The lowest BCUT2D eigenvalue weighted by Gasteiger charge is -2.32. The number of imidazole rings is 1. The Morgan fingerprint density at radius 3 is 2.44 bits per heavy atom. The molecule has 0 unspecified atom stereocenters.